The lowest BCUT2D eigenvalue weighted by molar-refractivity contribution is -0.112. The minimum Gasteiger partial charge on any atom is -0.394 e. The molecule has 2 amide bonds. The number of imidazole rings is 1. The highest BCUT2D eigenvalue weighted by Gasteiger charge is 2.55. The van der Waals surface area contributed by atoms with Crippen molar-refractivity contribution in [1.82, 2.24) is 20.0 Å². The quantitative estimate of drug-likeness (QED) is 0.624. The van der Waals surface area contributed by atoms with Crippen molar-refractivity contribution < 1.29 is 14.7 Å². The van der Waals surface area contributed by atoms with Crippen LogP contribution in [0.3, 0.4) is 0 Å². The Morgan fingerprint density at radius 2 is 1.97 bits per heavy atom. The second kappa shape index (κ2) is 8.12. The number of aliphatic hydroxyl groups is 1. The van der Waals surface area contributed by atoms with E-state index in [-0.39, 0.29) is 30.2 Å². The number of rotatable bonds is 6. The number of hydrogen-bond donors (Lipinski definition) is 3. The van der Waals surface area contributed by atoms with Crippen molar-refractivity contribution in [3.05, 3.63) is 35.8 Å². The van der Waals surface area contributed by atoms with Crippen LogP contribution in [-0.2, 0) is 0 Å². The normalized spacial score (nSPS) is 28.2. The molecule has 0 spiro atoms. The van der Waals surface area contributed by atoms with Gasteiger partial charge in [-0.15, -0.1) is 0 Å². The monoisotopic (exact) mass is 452 g/mol. The Bertz CT molecular complexity index is 1070. The molecule has 0 aliphatic heterocycles. The molecule has 2 bridgehead atoms. The van der Waals surface area contributed by atoms with E-state index >= 15 is 0 Å². The minimum absolute atomic E-state index is 0.0721. The molecule has 2 aromatic rings. The maximum atomic E-state index is 13.3. The van der Waals surface area contributed by atoms with E-state index in [1.54, 1.807) is 28.8 Å². The summed E-state index contributed by atoms with van der Waals surface area (Å²) in [5, 5.41) is 16.1. The summed E-state index contributed by atoms with van der Waals surface area (Å²) in [6.07, 6.45) is 8.86. The van der Waals surface area contributed by atoms with Crippen LogP contribution in [0.1, 0.15) is 86.7 Å². The number of fused-ring (bicyclic) bond motifs is 3. The zero-order valence-corrected chi connectivity index (χ0v) is 19.9. The summed E-state index contributed by atoms with van der Waals surface area (Å²) in [5.74, 6) is 1.55. The van der Waals surface area contributed by atoms with Crippen LogP contribution >= 0.6 is 0 Å². The van der Waals surface area contributed by atoms with E-state index in [2.05, 4.69) is 36.4 Å². The van der Waals surface area contributed by atoms with Crippen molar-refractivity contribution in [2.24, 2.45) is 23.2 Å². The van der Waals surface area contributed by atoms with Gasteiger partial charge in [0.25, 0.3) is 11.8 Å². The Morgan fingerprint density at radius 3 is 2.64 bits per heavy atom. The average Bonchev–Trinajstić information content (AvgIpc) is 3.46. The molecule has 178 valence electrons. The molecule has 7 heteroatoms. The van der Waals surface area contributed by atoms with E-state index in [1.807, 2.05) is 0 Å². The van der Waals surface area contributed by atoms with Gasteiger partial charge in [-0.3, -0.25) is 14.0 Å². The number of carbonyl (C=O) groups excluding carboxylic acids is 2. The van der Waals surface area contributed by atoms with E-state index in [9.17, 15) is 14.7 Å². The van der Waals surface area contributed by atoms with Crippen LogP contribution in [0.2, 0.25) is 0 Å². The lowest BCUT2D eigenvalue weighted by atomic mass is 9.45. The smallest absolute Gasteiger partial charge is 0.272 e. The van der Waals surface area contributed by atoms with Crippen LogP contribution < -0.4 is 10.6 Å². The van der Waals surface area contributed by atoms with Gasteiger partial charge in [-0.2, -0.15) is 0 Å². The van der Waals surface area contributed by atoms with Crippen molar-refractivity contribution in [3.63, 3.8) is 0 Å². The maximum Gasteiger partial charge on any atom is 0.272 e. The Morgan fingerprint density at radius 1 is 1.21 bits per heavy atom. The van der Waals surface area contributed by atoms with E-state index in [4.69, 9.17) is 0 Å². The summed E-state index contributed by atoms with van der Waals surface area (Å²) in [7, 11) is 0. The van der Waals surface area contributed by atoms with Crippen LogP contribution in [-0.4, -0.2) is 44.5 Å². The molecular weight excluding hydrogens is 416 g/mol. The average molecular weight is 453 g/mol. The van der Waals surface area contributed by atoms with Crippen LogP contribution in [0.25, 0.3) is 5.65 Å². The standard InChI is InChI=1S/C26H36N4O3/c1-16(18-10-9-17-13-19(18)25(17,2)3)27-24(33)21-7-6-8-22-28-20(14-30(21)22)23(32)29-26(15-31)11-4-5-12-26/h6-8,14,16-19,31H,4-5,9-13,15H2,1-3H3,(H,27,33)(H,29,32)/t16?,17-,18-,19-/m0/s1. The fourth-order valence-electron chi connectivity index (χ4n) is 6.84. The summed E-state index contributed by atoms with van der Waals surface area (Å²) in [6, 6.07) is 5.47. The zero-order valence-electron chi connectivity index (χ0n) is 19.9. The molecule has 4 saturated carbocycles. The molecule has 3 N–H and O–H groups in total. The number of aromatic nitrogens is 2. The van der Waals surface area contributed by atoms with Gasteiger partial charge in [-0.05, 0) is 74.3 Å². The lowest BCUT2D eigenvalue weighted by Crippen LogP contribution is -2.57. The zero-order chi connectivity index (χ0) is 23.4. The highest BCUT2D eigenvalue weighted by molar-refractivity contribution is 5.96. The first-order chi connectivity index (χ1) is 15.7. The van der Waals surface area contributed by atoms with Crippen molar-refractivity contribution >= 4 is 17.5 Å². The van der Waals surface area contributed by atoms with Crippen LogP contribution in [0.5, 0.6) is 0 Å². The molecular formula is C26H36N4O3. The second-order valence-corrected chi connectivity index (χ2v) is 11.2. The number of hydrogen-bond acceptors (Lipinski definition) is 4. The first kappa shape index (κ1) is 22.4. The maximum absolute atomic E-state index is 13.3. The van der Waals surface area contributed by atoms with E-state index < -0.39 is 5.54 Å². The predicted molar refractivity (Wildman–Crippen MR) is 126 cm³/mol. The SMILES string of the molecule is CC(NC(=O)c1cccc2nc(C(=O)NC3(CO)CCCC3)cn12)[C@@H]1CC[C@H]2C[C@@H]1C2(C)C. The molecule has 7 nitrogen and oxygen atoms in total. The van der Waals surface area contributed by atoms with E-state index in [1.165, 1.54) is 19.3 Å². The number of carbonyl (C=O) groups is 2. The molecule has 1 unspecified atom stereocenters. The van der Waals surface area contributed by atoms with Crippen LogP contribution in [0, 0.1) is 23.2 Å². The van der Waals surface area contributed by atoms with Gasteiger partial charge in [0.15, 0.2) is 0 Å². The Hall–Kier alpha value is -2.41. The molecule has 2 aromatic heterocycles. The third-order valence-electron chi connectivity index (χ3n) is 9.11. The summed E-state index contributed by atoms with van der Waals surface area (Å²) in [5.41, 5.74) is 1.12. The molecule has 4 fully saturated rings. The number of nitrogens with one attached hydrogen (secondary N) is 2. The Balaban J connectivity index is 1.33. The second-order valence-electron chi connectivity index (χ2n) is 11.2. The van der Waals surface area contributed by atoms with Gasteiger partial charge in [0.05, 0.1) is 12.1 Å². The summed E-state index contributed by atoms with van der Waals surface area (Å²) < 4.78 is 1.70. The van der Waals surface area contributed by atoms with Crippen LogP contribution in [0.4, 0.5) is 0 Å². The molecule has 2 heterocycles. The summed E-state index contributed by atoms with van der Waals surface area (Å²) in [6.45, 7) is 6.80. The van der Waals surface area contributed by atoms with Crippen molar-refractivity contribution in [2.45, 2.75) is 77.3 Å². The van der Waals surface area contributed by atoms with Crippen LogP contribution in [0.15, 0.2) is 24.4 Å². The highest BCUT2D eigenvalue weighted by Crippen LogP contribution is 2.61. The molecule has 4 aliphatic carbocycles. The van der Waals surface area contributed by atoms with Gasteiger partial charge >= 0.3 is 0 Å². The summed E-state index contributed by atoms with van der Waals surface area (Å²) >= 11 is 0. The molecule has 4 atom stereocenters. The van der Waals surface area contributed by atoms with Crippen molar-refractivity contribution in [2.75, 3.05) is 6.61 Å². The highest BCUT2D eigenvalue weighted by atomic mass is 16.3. The molecule has 0 aromatic carbocycles. The largest absolute Gasteiger partial charge is 0.394 e. The molecule has 0 saturated heterocycles. The predicted octanol–water partition coefficient (Wildman–Crippen LogP) is 3.56. The van der Waals surface area contributed by atoms with Crippen molar-refractivity contribution in [1.29, 1.82) is 0 Å². The van der Waals surface area contributed by atoms with Gasteiger partial charge in [0.1, 0.15) is 17.0 Å². The van der Waals surface area contributed by atoms with Gasteiger partial charge in [-0.1, -0.05) is 32.8 Å². The Kier molecular flexibility index (Phi) is 5.51. The van der Waals surface area contributed by atoms with Gasteiger partial charge < -0.3 is 15.7 Å². The third-order valence-corrected chi connectivity index (χ3v) is 9.11. The molecule has 0 radical (unpaired) electrons. The molecule has 33 heavy (non-hydrogen) atoms. The lowest BCUT2D eigenvalue weighted by Gasteiger charge is -2.61. The summed E-state index contributed by atoms with van der Waals surface area (Å²) in [4.78, 5) is 30.6. The first-order valence-corrected chi connectivity index (χ1v) is 12.5. The number of amides is 2. The number of nitrogens with zero attached hydrogens (tertiary/aromatic N) is 2. The number of pyridine rings is 1. The Labute approximate surface area is 195 Å². The third kappa shape index (κ3) is 3.74. The number of aliphatic hydroxyl groups excluding tert-OH is 1. The van der Waals surface area contributed by atoms with E-state index in [0.29, 0.717) is 28.6 Å². The molecule has 6 rings (SSSR count). The fourth-order valence-corrected chi connectivity index (χ4v) is 6.84. The first-order valence-electron chi connectivity index (χ1n) is 12.5. The fraction of sp³-hybridized carbons (Fsp3) is 0.654. The molecule has 4 aliphatic rings. The topological polar surface area (TPSA) is 95.7 Å². The van der Waals surface area contributed by atoms with Gasteiger partial charge in [0.2, 0.25) is 0 Å². The van der Waals surface area contributed by atoms with Gasteiger partial charge in [0, 0.05) is 12.2 Å². The van der Waals surface area contributed by atoms with Crippen molar-refractivity contribution in [3.8, 4) is 0 Å². The minimum atomic E-state index is -0.559. The van der Waals surface area contributed by atoms with Gasteiger partial charge in [-0.25, -0.2) is 4.98 Å². The van der Waals surface area contributed by atoms with E-state index in [0.717, 1.165) is 31.6 Å².